The molecular weight excluding hydrogens is 334 g/mol. The molecule has 10 heteroatoms. The average molecular weight is 351 g/mol. The van der Waals surface area contributed by atoms with Gasteiger partial charge in [0.1, 0.15) is 11.2 Å². The number of carbonyl (C=O) groups is 1. The standard InChI is InChI=1S/C16H17N9O/c1-4-25-12(5-8(2)22-25)16-18-15(20-21-16)10-6-9(14(17)26)7-11-13(10)19-23-24(11)3/h5-7H,4H2,1-3H3,(H2,17,26)(H,18,20,21). The molecule has 4 rings (SSSR count). The number of hydrogen-bond donors (Lipinski definition) is 2. The predicted molar refractivity (Wildman–Crippen MR) is 94.0 cm³/mol. The van der Waals surface area contributed by atoms with Crippen LogP contribution in [0.25, 0.3) is 33.9 Å². The third-order valence-electron chi connectivity index (χ3n) is 4.17. The number of aromatic nitrogens is 8. The van der Waals surface area contributed by atoms with Crippen LogP contribution in [0.1, 0.15) is 23.0 Å². The van der Waals surface area contributed by atoms with Crippen molar-refractivity contribution < 1.29 is 4.79 Å². The molecule has 10 nitrogen and oxygen atoms in total. The number of rotatable bonds is 4. The Bertz CT molecular complexity index is 1130. The van der Waals surface area contributed by atoms with Crippen LogP contribution < -0.4 is 5.73 Å². The van der Waals surface area contributed by atoms with Gasteiger partial charge in [0, 0.05) is 19.2 Å². The number of aromatic amines is 1. The predicted octanol–water partition coefficient (Wildman–Crippen LogP) is 1.04. The zero-order chi connectivity index (χ0) is 18.4. The first-order chi connectivity index (χ1) is 12.5. The van der Waals surface area contributed by atoms with Crippen LogP contribution in [0, 0.1) is 6.92 Å². The molecule has 0 spiro atoms. The third kappa shape index (κ3) is 2.42. The molecule has 0 radical (unpaired) electrons. The van der Waals surface area contributed by atoms with Crippen LogP contribution in [-0.2, 0) is 13.6 Å². The summed E-state index contributed by atoms with van der Waals surface area (Å²) in [7, 11) is 1.75. The fraction of sp³-hybridized carbons (Fsp3) is 0.250. The Labute approximate surface area is 148 Å². The van der Waals surface area contributed by atoms with Crippen LogP contribution in [-0.4, -0.2) is 45.9 Å². The third-order valence-corrected chi connectivity index (χ3v) is 4.17. The zero-order valence-corrected chi connectivity index (χ0v) is 14.6. The molecule has 0 aliphatic heterocycles. The highest BCUT2D eigenvalue weighted by Crippen LogP contribution is 2.28. The Morgan fingerprint density at radius 2 is 2.12 bits per heavy atom. The molecular formula is C16H17N9O. The van der Waals surface area contributed by atoms with Gasteiger partial charge >= 0.3 is 0 Å². The van der Waals surface area contributed by atoms with Crippen LogP contribution in [0.3, 0.4) is 0 Å². The monoisotopic (exact) mass is 351 g/mol. The number of primary amides is 1. The van der Waals surface area contributed by atoms with Gasteiger partial charge in [-0.2, -0.15) is 10.2 Å². The topological polar surface area (TPSA) is 133 Å². The number of aryl methyl sites for hydroxylation is 3. The molecule has 4 aromatic rings. The van der Waals surface area contributed by atoms with E-state index >= 15 is 0 Å². The van der Waals surface area contributed by atoms with E-state index < -0.39 is 5.91 Å². The summed E-state index contributed by atoms with van der Waals surface area (Å²) in [5.74, 6) is 0.462. The van der Waals surface area contributed by atoms with Crippen molar-refractivity contribution in [3.05, 3.63) is 29.5 Å². The number of nitrogens with zero attached hydrogens (tertiary/aromatic N) is 7. The fourth-order valence-electron chi connectivity index (χ4n) is 2.92. The van der Waals surface area contributed by atoms with Gasteiger partial charge in [0.05, 0.1) is 16.8 Å². The Kier molecular flexibility index (Phi) is 3.53. The summed E-state index contributed by atoms with van der Waals surface area (Å²) in [6.45, 7) is 4.64. The second kappa shape index (κ2) is 5.76. The summed E-state index contributed by atoms with van der Waals surface area (Å²) in [5.41, 5.74) is 9.40. The highest BCUT2D eigenvalue weighted by Gasteiger charge is 2.19. The molecule has 0 aliphatic carbocycles. The van der Waals surface area contributed by atoms with Gasteiger partial charge in [-0.3, -0.25) is 14.6 Å². The summed E-state index contributed by atoms with van der Waals surface area (Å²) < 4.78 is 3.42. The summed E-state index contributed by atoms with van der Waals surface area (Å²) in [4.78, 5) is 16.3. The second-order valence-corrected chi connectivity index (χ2v) is 5.96. The Hall–Kier alpha value is -3.56. The summed E-state index contributed by atoms with van der Waals surface area (Å²) in [6, 6.07) is 5.23. The lowest BCUT2D eigenvalue weighted by molar-refractivity contribution is 0.100. The molecule has 3 N–H and O–H groups in total. The number of nitrogens with one attached hydrogen (secondary N) is 1. The lowest BCUT2D eigenvalue weighted by Crippen LogP contribution is -2.11. The van der Waals surface area contributed by atoms with E-state index in [1.165, 1.54) is 0 Å². The van der Waals surface area contributed by atoms with Crippen molar-refractivity contribution in [2.75, 3.05) is 0 Å². The van der Waals surface area contributed by atoms with Crippen LogP contribution in [0.2, 0.25) is 0 Å². The summed E-state index contributed by atoms with van der Waals surface area (Å²) in [5, 5.41) is 19.8. The molecule has 0 atom stereocenters. The molecule has 132 valence electrons. The smallest absolute Gasteiger partial charge is 0.248 e. The second-order valence-electron chi connectivity index (χ2n) is 5.96. The molecule has 0 fully saturated rings. The molecule has 0 saturated carbocycles. The maximum absolute atomic E-state index is 11.7. The molecule has 0 saturated heterocycles. The first kappa shape index (κ1) is 15.9. The van der Waals surface area contributed by atoms with E-state index in [2.05, 4.69) is 30.6 Å². The molecule has 3 aromatic heterocycles. The lowest BCUT2D eigenvalue weighted by atomic mass is 10.1. The number of amides is 1. The van der Waals surface area contributed by atoms with Gasteiger partial charge in [0.2, 0.25) is 5.91 Å². The normalized spacial score (nSPS) is 11.3. The van der Waals surface area contributed by atoms with Gasteiger partial charge in [0.25, 0.3) is 0 Å². The lowest BCUT2D eigenvalue weighted by Gasteiger charge is -2.02. The van der Waals surface area contributed by atoms with E-state index in [9.17, 15) is 4.79 Å². The van der Waals surface area contributed by atoms with Gasteiger partial charge in [-0.25, -0.2) is 9.67 Å². The van der Waals surface area contributed by atoms with E-state index in [-0.39, 0.29) is 0 Å². The number of carbonyl (C=O) groups excluding carboxylic acids is 1. The maximum atomic E-state index is 11.7. The van der Waals surface area contributed by atoms with Crippen molar-refractivity contribution in [1.29, 1.82) is 0 Å². The molecule has 0 unspecified atom stereocenters. The number of H-pyrrole nitrogens is 1. The van der Waals surface area contributed by atoms with E-state index in [4.69, 9.17) is 5.73 Å². The molecule has 3 heterocycles. The minimum absolute atomic E-state index is 0.346. The Morgan fingerprint density at radius 1 is 1.31 bits per heavy atom. The van der Waals surface area contributed by atoms with Gasteiger partial charge in [-0.1, -0.05) is 5.21 Å². The Morgan fingerprint density at radius 3 is 2.85 bits per heavy atom. The molecule has 0 aliphatic rings. The summed E-state index contributed by atoms with van der Waals surface area (Å²) in [6.07, 6.45) is 0. The van der Waals surface area contributed by atoms with Crippen molar-refractivity contribution >= 4 is 16.9 Å². The molecule has 1 aromatic carbocycles. The van der Waals surface area contributed by atoms with Crippen LogP contribution in [0.15, 0.2) is 18.2 Å². The average Bonchev–Trinajstić information content (AvgIpc) is 3.32. The highest BCUT2D eigenvalue weighted by atomic mass is 16.1. The Balaban J connectivity index is 1.89. The number of hydrogen-bond acceptors (Lipinski definition) is 6. The SMILES string of the molecule is CCn1nc(C)cc1-c1nc(-c2cc(C(N)=O)cc3c2nnn3C)n[nH]1. The molecule has 1 amide bonds. The summed E-state index contributed by atoms with van der Waals surface area (Å²) >= 11 is 0. The van der Waals surface area contributed by atoms with Crippen molar-refractivity contribution in [2.24, 2.45) is 12.8 Å². The number of nitrogens with two attached hydrogens (primary N) is 1. The van der Waals surface area contributed by atoms with Crippen molar-refractivity contribution in [3.8, 4) is 22.9 Å². The molecule has 0 bridgehead atoms. The van der Waals surface area contributed by atoms with E-state index in [1.807, 2.05) is 24.6 Å². The first-order valence-corrected chi connectivity index (χ1v) is 8.08. The van der Waals surface area contributed by atoms with E-state index in [1.54, 1.807) is 23.9 Å². The number of benzene rings is 1. The van der Waals surface area contributed by atoms with Crippen molar-refractivity contribution in [2.45, 2.75) is 20.4 Å². The van der Waals surface area contributed by atoms with E-state index in [0.29, 0.717) is 40.4 Å². The van der Waals surface area contributed by atoms with Crippen LogP contribution in [0.4, 0.5) is 0 Å². The maximum Gasteiger partial charge on any atom is 0.248 e. The first-order valence-electron chi connectivity index (χ1n) is 8.08. The van der Waals surface area contributed by atoms with Gasteiger partial charge in [-0.15, -0.1) is 5.10 Å². The highest BCUT2D eigenvalue weighted by molar-refractivity contribution is 6.01. The van der Waals surface area contributed by atoms with Gasteiger partial charge in [0.15, 0.2) is 11.6 Å². The minimum atomic E-state index is -0.537. The van der Waals surface area contributed by atoms with Gasteiger partial charge < -0.3 is 5.73 Å². The molecule has 26 heavy (non-hydrogen) atoms. The zero-order valence-electron chi connectivity index (χ0n) is 14.6. The minimum Gasteiger partial charge on any atom is -0.366 e. The van der Waals surface area contributed by atoms with Crippen molar-refractivity contribution in [3.63, 3.8) is 0 Å². The van der Waals surface area contributed by atoms with Gasteiger partial charge in [-0.05, 0) is 32.0 Å². The van der Waals surface area contributed by atoms with Crippen LogP contribution >= 0.6 is 0 Å². The number of fused-ring (bicyclic) bond motifs is 1. The van der Waals surface area contributed by atoms with Crippen LogP contribution in [0.5, 0.6) is 0 Å². The quantitative estimate of drug-likeness (QED) is 0.564. The largest absolute Gasteiger partial charge is 0.366 e. The van der Waals surface area contributed by atoms with E-state index in [0.717, 1.165) is 11.4 Å². The fourth-order valence-corrected chi connectivity index (χ4v) is 2.92. The van der Waals surface area contributed by atoms with Crippen molar-refractivity contribution in [1.82, 2.24) is 40.0 Å².